The third-order valence-corrected chi connectivity index (χ3v) is 4.33. The van der Waals surface area contributed by atoms with Gasteiger partial charge in [-0.1, -0.05) is 6.07 Å². The van der Waals surface area contributed by atoms with E-state index in [4.69, 9.17) is 11.0 Å². The molecule has 3 nitrogen and oxygen atoms in total. The normalized spacial score (nSPS) is 11.1. The molecule has 0 N–H and O–H groups in total. The molecule has 0 fully saturated rings. The van der Waals surface area contributed by atoms with Crippen molar-refractivity contribution in [2.45, 2.75) is 6.92 Å². The van der Waals surface area contributed by atoms with E-state index in [1.807, 2.05) is 49.0 Å². The second-order valence-electron chi connectivity index (χ2n) is 5.81. The molecule has 0 amide bonds. The first-order chi connectivity index (χ1) is 11.6. The van der Waals surface area contributed by atoms with E-state index in [0.717, 1.165) is 16.8 Å². The van der Waals surface area contributed by atoms with Crippen LogP contribution in [-0.2, 0) is 7.05 Å². The van der Waals surface area contributed by atoms with Crippen molar-refractivity contribution < 1.29 is 13.4 Å². The fourth-order valence-corrected chi connectivity index (χ4v) is 3.26. The van der Waals surface area contributed by atoms with Crippen LogP contribution >= 0.6 is 0 Å². The minimum absolute atomic E-state index is 0.372. The molecule has 0 radical (unpaired) electrons. The summed E-state index contributed by atoms with van der Waals surface area (Å²) in [6.07, 6.45) is 1.93. The van der Waals surface area contributed by atoms with Gasteiger partial charge < -0.3 is 4.42 Å². The molecule has 24 heavy (non-hydrogen) atoms. The number of nitrogens with zero attached hydrogens (tertiary/aromatic N) is 2. The Morgan fingerprint density at radius 1 is 1.08 bits per heavy atom. The van der Waals surface area contributed by atoms with E-state index in [1.165, 1.54) is 6.07 Å². The fraction of sp³-hybridized carbons (Fsp3) is 0.100. The quantitative estimate of drug-likeness (QED) is 0.354. The molecule has 0 saturated carbocycles. The number of aromatic nitrogens is 1. The van der Waals surface area contributed by atoms with Gasteiger partial charge in [0, 0.05) is 17.5 Å². The van der Waals surface area contributed by atoms with E-state index >= 15 is 0 Å². The SMILES string of the molecule is [C-]#[N+]c1c(-c2cccc[n+]2C)c(C)cc2oc3cccc(F)c3c12. The Hall–Kier alpha value is -3.19. The number of hydrogen-bond donors (Lipinski definition) is 0. The third kappa shape index (κ3) is 1.92. The lowest BCUT2D eigenvalue weighted by molar-refractivity contribution is -0.660. The molecule has 0 aliphatic rings. The summed E-state index contributed by atoms with van der Waals surface area (Å²) >= 11 is 0. The number of benzene rings is 2. The van der Waals surface area contributed by atoms with E-state index in [1.54, 1.807) is 12.1 Å². The maximum Gasteiger partial charge on any atom is 0.212 e. The zero-order valence-corrected chi connectivity index (χ0v) is 13.3. The maximum atomic E-state index is 14.4. The van der Waals surface area contributed by atoms with E-state index in [0.29, 0.717) is 27.6 Å². The van der Waals surface area contributed by atoms with Crippen LogP contribution in [0.1, 0.15) is 5.56 Å². The third-order valence-electron chi connectivity index (χ3n) is 4.33. The highest BCUT2D eigenvalue weighted by molar-refractivity contribution is 6.15. The highest BCUT2D eigenvalue weighted by atomic mass is 19.1. The summed E-state index contributed by atoms with van der Waals surface area (Å²) < 4.78 is 22.2. The molecule has 0 atom stereocenters. The second-order valence-corrected chi connectivity index (χ2v) is 5.81. The van der Waals surface area contributed by atoms with Crippen molar-refractivity contribution in [2.24, 2.45) is 7.05 Å². The standard InChI is InChI=1S/C20H14FN2O/c1-12-11-16-19(18-13(21)7-6-9-15(18)24-16)20(22-2)17(12)14-8-4-5-10-23(14)3/h4-11H,1,3H3/q+1. The van der Waals surface area contributed by atoms with E-state index in [2.05, 4.69) is 4.85 Å². The monoisotopic (exact) mass is 317 g/mol. The summed E-state index contributed by atoms with van der Waals surface area (Å²) in [6, 6.07) is 12.4. The van der Waals surface area contributed by atoms with Crippen LogP contribution in [0.15, 0.2) is 53.1 Å². The predicted octanol–water partition coefficient (Wildman–Crippen LogP) is 5.08. The van der Waals surface area contributed by atoms with Gasteiger partial charge in [0.2, 0.25) is 11.4 Å². The summed E-state index contributed by atoms with van der Waals surface area (Å²) in [4.78, 5) is 3.75. The lowest BCUT2D eigenvalue weighted by Gasteiger charge is -2.08. The lowest BCUT2D eigenvalue weighted by Crippen LogP contribution is -2.30. The first kappa shape index (κ1) is 14.4. The Morgan fingerprint density at radius 2 is 1.92 bits per heavy atom. The Balaban J connectivity index is 2.24. The minimum atomic E-state index is -0.372. The largest absolute Gasteiger partial charge is 0.457 e. The van der Waals surface area contributed by atoms with Gasteiger partial charge in [-0.15, -0.1) is 0 Å². The second kappa shape index (κ2) is 5.17. The molecule has 0 unspecified atom stereocenters. The molecule has 116 valence electrons. The van der Waals surface area contributed by atoms with Crippen LogP contribution in [0.25, 0.3) is 38.0 Å². The first-order valence-corrected chi connectivity index (χ1v) is 7.58. The molecule has 4 heteroatoms. The van der Waals surface area contributed by atoms with Gasteiger partial charge in [0.15, 0.2) is 6.20 Å². The van der Waals surface area contributed by atoms with Crippen molar-refractivity contribution in [1.82, 2.24) is 0 Å². The fourth-order valence-electron chi connectivity index (χ4n) is 3.26. The zero-order valence-electron chi connectivity index (χ0n) is 13.3. The average molecular weight is 317 g/mol. The average Bonchev–Trinajstić information content (AvgIpc) is 2.93. The summed E-state index contributed by atoms with van der Waals surface area (Å²) in [5, 5.41) is 0.917. The summed E-state index contributed by atoms with van der Waals surface area (Å²) in [5.74, 6) is -0.372. The summed E-state index contributed by atoms with van der Waals surface area (Å²) in [5.41, 5.74) is 4.08. The van der Waals surface area contributed by atoms with Crippen molar-refractivity contribution in [3.8, 4) is 11.3 Å². The van der Waals surface area contributed by atoms with Crippen LogP contribution < -0.4 is 4.57 Å². The molecular weight excluding hydrogens is 303 g/mol. The smallest absolute Gasteiger partial charge is 0.212 e. The first-order valence-electron chi connectivity index (χ1n) is 7.58. The van der Waals surface area contributed by atoms with Gasteiger partial charge in [0.1, 0.15) is 24.0 Å². The number of aryl methyl sites for hydroxylation is 2. The summed E-state index contributed by atoms with van der Waals surface area (Å²) in [6.45, 7) is 9.66. The Morgan fingerprint density at radius 3 is 2.67 bits per heavy atom. The zero-order chi connectivity index (χ0) is 16.8. The van der Waals surface area contributed by atoms with Gasteiger partial charge in [-0.2, -0.15) is 0 Å². The highest BCUT2D eigenvalue weighted by Crippen LogP contribution is 2.44. The summed E-state index contributed by atoms with van der Waals surface area (Å²) in [7, 11) is 1.93. The van der Waals surface area contributed by atoms with Gasteiger partial charge in [0.25, 0.3) is 0 Å². The van der Waals surface area contributed by atoms with Crippen LogP contribution in [0, 0.1) is 19.3 Å². The molecule has 2 heterocycles. The maximum absolute atomic E-state index is 14.4. The van der Waals surface area contributed by atoms with Gasteiger partial charge in [-0.05, 0) is 36.8 Å². The van der Waals surface area contributed by atoms with Crippen molar-refractivity contribution >= 4 is 27.6 Å². The van der Waals surface area contributed by atoms with E-state index in [-0.39, 0.29) is 5.82 Å². The number of furan rings is 1. The van der Waals surface area contributed by atoms with Gasteiger partial charge >= 0.3 is 0 Å². The number of halogens is 1. The van der Waals surface area contributed by atoms with Crippen LogP contribution in [-0.4, -0.2) is 0 Å². The van der Waals surface area contributed by atoms with Gasteiger partial charge in [-0.25, -0.2) is 13.8 Å². The Labute approximate surface area is 138 Å². The van der Waals surface area contributed by atoms with Crippen molar-refractivity contribution in [3.63, 3.8) is 0 Å². The van der Waals surface area contributed by atoms with Crippen LogP contribution in [0.5, 0.6) is 0 Å². The van der Waals surface area contributed by atoms with Crippen molar-refractivity contribution in [1.29, 1.82) is 0 Å². The molecular formula is C20H14FN2O+. The Bertz CT molecular complexity index is 1150. The number of pyridine rings is 1. The topological polar surface area (TPSA) is 21.4 Å². The highest BCUT2D eigenvalue weighted by Gasteiger charge is 2.23. The van der Waals surface area contributed by atoms with Crippen LogP contribution in [0.2, 0.25) is 0 Å². The van der Waals surface area contributed by atoms with E-state index in [9.17, 15) is 4.39 Å². The van der Waals surface area contributed by atoms with Crippen LogP contribution in [0.3, 0.4) is 0 Å². The molecule has 2 aromatic carbocycles. The number of hydrogen-bond acceptors (Lipinski definition) is 1. The van der Waals surface area contributed by atoms with E-state index < -0.39 is 0 Å². The predicted molar refractivity (Wildman–Crippen MR) is 91.3 cm³/mol. The Kier molecular flexibility index (Phi) is 3.10. The molecule has 0 spiro atoms. The minimum Gasteiger partial charge on any atom is -0.457 e. The molecule has 0 bridgehead atoms. The van der Waals surface area contributed by atoms with Crippen molar-refractivity contribution in [3.05, 3.63) is 71.5 Å². The molecule has 0 saturated heterocycles. The molecule has 4 rings (SSSR count). The molecule has 4 aromatic rings. The molecule has 2 aromatic heterocycles. The number of rotatable bonds is 1. The van der Waals surface area contributed by atoms with Gasteiger partial charge in [0.05, 0.1) is 17.5 Å². The molecule has 0 aliphatic carbocycles. The van der Waals surface area contributed by atoms with Crippen LogP contribution in [0.4, 0.5) is 10.1 Å². The lowest BCUT2D eigenvalue weighted by atomic mass is 9.98. The number of fused-ring (bicyclic) bond motifs is 3. The molecule has 0 aliphatic heterocycles. The van der Waals surface area contributed by atoms with Crippen molar-refractivity contribution in [2.75, 3.05) is 0 Å². The van der Waals surface area contributed by atoms with Gasteiger partial charge in [-0.3, -0.25) is 0 Å².